The van der Waals surface area contributed by atoms with Crippen molar-refractivity contribution in [2.75, 3.05) is 13.2 Å². The molecule has 0 saturated carbocycles. The van der Waals surface area contributed by atoms with Crippen molar-refractivity contribution < 1.29 is 19.0 Å². The number of benzene rings is 1. The molecule has 0 unspecified atom stereocenters. The van der Waals surface area contributed by atoms with Crippen molar-refractivity contribution in [1.82, 2.24) is 5.32 Å². The summed E-state index contributed by atoms with van der Waals surface area (Å²) in [6.45, 7) is 10.1. The van der Waals surface area contributed by atoms with Gasteiger partial charge < -0.3 is 19.5 Å². The molecule has 1 aliphatic heterocycles. The van der Waals surface area contributed by atoms with Crippen molar-refractivity contribution in [3.05, 3.63) is 35.4 Å². The third-order valence-corrected chi connectivity index (χ3v) is 5.10. The average Bonchev–Trinajstić information content (AvgIpc) is 2.57. The van der Waals surface area contributed by atoms with Gasteiger partial charge in [0.25, 0.3) is 0 Å². The zero-order valence-corrected chi connectivity index (χ0v) is 18.6. The second-order valence-corrected chi connectivity index (χ2v) is 9.25. The number of carbonyl (C=O) groups is 1. The highest BCUT2D eigenvalue weighted by atomic mass is 79.9. The van der Waals surface area contributed by atoms with E-state index in [1.54, 1.807) is 0 Å². The molecule has 1 aromatic carbocycles. The van der Waals surface area contributed by atoms with E-state index in [1.165, 1.54) is 11.1 Å². The lowest BCUT2D eigenvalue weighted by atomic mass is 9.91. The fourth-order valence-corrected chi connectivity index (χ4v) is 3.31. The van der Waals surface area contributed by atoms with Crippen molar-refractivity contribution in [3.63, 3.8) is 0 Å². The molecule has 0 aliphatic carbocycles. The molecule has 0 spiro atoms. The Kier molecular flexibility index (Phi) is 7.33. The summed E-state index contributed by atoms with van der Waals surface area (Å²) in [4.78, 5) is 12.3. The lowest BCUT2D eigenvalue weighted by molar-refractivity contribution is -0.271. The van der Waals surface area contributed by atoms with Crippen LogP contribution in [0, 0.1) is 0 Å². The van der Waals surface area contributed by atoms with Crippen molar-refractivity contribution in [2.24, 2.45) is 0 Å². The number of rotatable bonds is 6. The second kappa shape index (κ2) is 8.93. The Bertz CT molecular complexity index is 612. The molecule has 1 saturated heterocycles. The van der Waals surface area contributed by atoms with Crippen LogP contribution in [0.4, 0.5) is 4.79 Å². The van der Waals surface area contributed by atoms with E-state index in [0.29, 0.717) is 13.2 Å². The standard InChI is InChI=1S/C21H32BrNO4/c1-19(2,3)27-18(24)23-21(14-25-20(4,5)26-15-21)12-6-7-16-8-10-17(13-22)11-9-16/h8-11H,6-7,12-15H2,1-5H3,(H,23,24). The van der Waals surface area contributed by atoms with Gasteiger partial charge >= 0.3 is 6.09 Å². The molecule has 0 aromatic heterocycles. The zero-order chi connectivity index (χ0) is 20.1. The Balaban J connectivity index is 1.98. The first-order chi connectivity index (χ1) is 12.5. The van der Waals surface area contributed by atoms with Crippen LogP contribution in [0.5, 0.6) is 0 Å². The number of alkyl halides is 1. The number of nitrogens with one attached hydrogen (secondary N) is 1. The molecule has 1 heterocycles. The first kappa shape index (κ1) is 22.2. The van der Waals surface area contributed by atoms with Crippen LogP contribution in [0.25, 0.3) is 0 Å². The maximum absolute atomic E-state index is 12.3. The smallest absolute Gasteiger partial charge is 0.408 e. The van der Waals surface area contributed by atoms with Gasteiger partial charge in [-0.1, -0.05) is 40.2 Å². The van der Waals surface area contributed by atoms with Crippen LogP contribution in [0.1, 0.15) is 58.6 Å². The van der Waals surface area contributed by atoms with Gasteiger partial charge in [-0.3, -0.25) is 0 Å². The molecule has 1 aliphatic rings. The maximum Gasteiger partial charge on any atom is 0.408 e. The third-order valence-electron chi connectivity index (χ3n) is 4.46. The van der Waals surface area contributed by atoms with Gasteiger partial charge in [-0.25, -0.2) is 4.79 Å². The number of carbonyl (C=O) groups excluding carboxylic acids is 1. The van der Waals surface area contributed by atoms with Crippen molar-refractivity contribution in [3.8, 4) is 0 Å². The van der Waals surface area contributed by atoms with E-state index < -0.39 is 23.0 Å². The molecule has 5 nitrogen and oxygen atoms in total. The molecular weight excluding hydrogens is 410 g/mol. The van der Waals surface area contributed by atoms with E-state index in [1.807, 2.05) is 34.6 Å². The summed E-state index contributed by atoms with van der Waals surface area (Å²) < 4.78 is 17.1. The number of ether oxygens (including phenoxy) is 3. The minimum absolute atomic E-state index is 0.405. The molecule has 1 aromatic rings. The normalized spacial score (nSPS) is 18.7. The highest BCUT2D eigenvalue weighted by Crippen LogP contribution is 2.28. The lowest BCUT2D eigenvalue weighted by Crippen LogP contribution is -2.61. The van der Waals surface area contributed by atoms with Crippen molar-refractivity contribution in [1.29, 1.82) is 0 Å². The Morgan fingerprint density at radius 2 is 1.70 bits per heavy atom. The summed E-state index contributed by atoms with van der Waals surface area (Å²) in [5.41, 5.74) is 1.43. The van der Waals surface area contributed by atoms with Gasteiger partial charge in [-0.15, -0.1) is 0 Å². The van der Waals surface area contributed by atoms with Gasteiger partial charge in [0.15, 0.2) is 5.79 Å². The highest BCUT2D eigenvalue weighted by Gasteiger charge is 2.41. The third kappa shape index (κ3) is 7.43. The van der Waals surface area contributed by atoms with Gasteiger partial charge in [-0.2, -0.15) is 0 Å². The fraction of sp³-hybridized carbons (Fsp3) is 0.667. The summed E-state index contributed by atoms with van der Waals surface area (Å²) >= 11 is 3.47. The Labute approximate surface area is 171 Å². The minimum atomic E-state index is -0.634. The summed E-state index contributed by atoms with van der Waals surface area (Å²) in [6, 6.07) is 8.57. The molecule has 6 heteroatoms. The Morgan fingerprint density at radius 1 is 1.15 bits per heavy atom. The molecule has 2 rings (SSSR count). The van der Waals surface area contributed by atoms with Crippen LogP contribution in [0.15, 0.2) is 24.3 Å². The molecule has 0 bridgehead atoms. The molecule has 0 radical (unpaired) electrons. The van der Waals surface area contributed by atoms with Crippen LogP contribution < -0.4 is 5.32 Å². The second-order valence-electron chi connectivity index (χ2n) is 8.69. The van der Waals surface area contributed by atoms with Crippen LogP contribution in [0.3, 0.4) is 0 Å². The number of amides is 1. The molecule has 152 valence electrons. The SMILES string of the molecule is CC(C)(C)OC(=O)NC1(CCCc2ccc(CBr)cc2)COC(C)(C)OC1. The zero-order valence-electron chi connectivity index (χ0n) is 17.1. The fourth-order valence-electron chi connectivity index (χ4n) is 2.93. The number of aryl methyl sites for hydroxylation is 1. The Hall–Kier alpha value is -1.11. The predicted molar refractivity (Wildman–Crippen MR) is 110 cm³/mol. The monoisotopic (exact) mass is 441 g/mol. The van der Waals surface area contributed by atoms with Crippen LogP contribution in [-0.2, 0) is 26.0 Å². The summed E-state index contributed by atoms with van der Waals surface area (Å²) in [5.74, 6) is -0.634. The Morgan fingerprint density at radius 3 is 2.22 bits per heavy atom. The van der Waals surface area contributed by atoms with Crippen molar-refractivity contribution in [2.45, 2.75) is 76.1 Å². The molecule has 0 atom stereocenters. The van der Waals surface area contributed by atoms with Gasteiger partial charge in [0.1, 0.15) is 5.60 Å². The maximum atomic E-state index is 12.3. The molecule has 27 heavy (non-hydrogen) atoms. The molecular formula is C21H32BrNO4. The van der Waals surface area contributed by atoms with Gasteiger partial charge in [-0.05, 0) is 65.0 Å². The molecule has 1 amide bonds. The predicted octanol–water partition coefficient (Wildman–Crippen LogP) is 4.95. The van der Waals surface area contributed by atoms with Gasteiger partial charge in [0.2, 0.25) is 0 Å². The number of hydrogen-bond acceptors (Lipinski definition) is 4. The van der Waals surface area contributed by atoms with Crippen molar-refractivity contribution >= 4 is 22.0 Å². The number of hydrogen-bond donors (Lipinski definition) is 1. The molecule has 1 N–H and O–H groups in total. The summed E-state index contributed by atoms with van der Waals surface area (Å²) in [5, 5.41) is 3.88. The van der Waals surface area contributed by atoms with Gasteiger partial charge in [0.05, 0.1) is 18.8 Å². The summed E-state index contributed by atoms with van der Waals surface area (Å²) in [6.07, 6.45) is 2.17. The van der Waals surface area contributed by atoms with E-state index >= 15 is 0 Å². The first-order valence-corrected chi connectivity index (χ1v) is 10.6. The first-order valence-electron chi connectivity index (χ1n) is 9.45. The van der Waals surface area contributed by atoms with Crippen LogP contribution >= 0.6 is 15.9 Å². The van der Waals surface area contributed by atoms with E-state index in [9.17, 15) is 4.79 Å². The molecule has 1 fully saturated rings. The lowest BCUT2D eigenvalue weighted by Gasteiger charge is -2.44. The topological polar surface area (TPSA) is 56.8 Å². The quantitative estimate of drug-likeness (QED) is 0.634. The minimum Gasteiger partial charge on any atom is -0.444 e. The van der Waals surface area contributed by atoms with E-state index in [2.05, 4.69) is 45.5 Å². The van der Waals surface area contributed by atoms with Crippen LogP contribution in [-0.4, -0.2) is 36.2 Å². The van der Waals surface area contributed by atoms with E-state index in [-0.39, 0.29) is 0 Å². The number of alkyl carbamates (subject to hydrolysis) is 1. The highest BCUT2D eigenvalue weighted by molar-refractivity contribution is 9.08. The van der Waals surface area contributed by atoms with Gasteiger partial charge in [0, 0.05) is 5.33 Å². The van der Waals surface area contributed by atoms with E-state index in [4.69, 9.17) is 14.2 Å². The van der Waals surface area contributed by atoms with E-state index in [0.717, 1.165) is 24.6 Å². The average molecular weight is 442 g/mol. The largest absolute Gasteiger partial charge is 0.444 e. The summed E-state index contributed by atoms with van der Waals surface area (Å²) in [7, 11) is 0. The number of halogens is 1. The van der Waals surface area contributed by atoms with Crippen LogP contribution in [0.2, 0.25) is 0 Å².